The number of nitrogens with one attached hydrogen (secondary N) is 1. The van der Waals surface area contributed by atoms with Crippen molar-refractivity contribution in [3.8, 4) is 0 Å². The highest BCUT2D eigenvalue weighted by Gasteiger charge is 2.23. The van der Waals surface area contributed by atoms with Gasteiger partial charge in [-0.25, -0.2) is 0 Å². The highest BCUT2D eigenvalue weighted by molar-refractivity contribution is 6.05. The van der Waals surface area contributed by atoms with Crippen molar-refractivity contribution in [2.24, 2.45) is 0 Å². The predicted octanol–water partition coefficient (Wildman–Crippen LogP) is 2.98. The quantitative estimate of drug-likeness (QED) is 0.610. The van der Waals surface area contributed by atoms with Gasteiger partial charge in [-0.1, -0.05) is 48.5 Å². The van der Waals surface area contributed by atoms with Crippen molar-refractivity contribution in [1.82, 2.24) is 14.8 Å². The predicted molar refractivity (Wildman–Crippen MR) is 94.0 cm³/mol. The largest absolute Gasteiger partial charge is 0.382 e. The van der Waals surface area contributed by atoms with Gasteiger partial charge in [0.05, 0.1) is 5.69 Å². The smallest absolute Gasteiger partial charge is 0.276 e. The van der Waals surface area contributed by atoms with Crippen LogP contribution in [0.4, 0.5) is 0 Å². The molecule has 5 heteroatoms. The Morgan fingerprint density at radius 3 is 2.58 bits per heavy atom. The van der Waals surface area contributed by atoms with Gasteiger partial charge in [0.1, 0.15) is 6.10 Å². The van der Waals surface area contributed by atoms with Crippen LogP contribution in [-0.4, -0.2) is 19.9 Å². The molecule has 24 heavy (non-hydrogen) atoms. The lowest BCUT2D eigenvalue weighted by atomic mass is 10.0. The summed E-state index contributed by atoms with van der Waals surface area (Å²) < 4.78 is 1.71. The lowest BCUT2D eigenvalue weighted by Crippen LogP contribution is -2.09. The Labute approximate surface area is 138 Å². The molecule has 4 aromatic rings. The fourth-order valence-corrected chi connectivity index (χ4v) is 3.20. The molecule has 0 aliphatic carbocycles. The van der Waals surface area contributed by atoms with E-state index in [4.69, 9.17) is 0 Å². The zero-order valence-corrected chi connectivity index (χ0v) is 13.2. The number of fused-ring (bicyclic) bond motifs is 3. The fraction of sp³-hybridized carbons (Fsp3) is 0.158. The van der Waals surface area contributed by atoms with Crippen molar-refractivity contribution in [2.45, 2.75) is 19.6 Å². The van der Waals surface area contributed by atoms with Gasteiger partial charge in [0.15, 0.2) is 5.52 Å². The Hall–Kier alpha value is -2.92. The van der Waals surface area contributed by atoms with Crippen LogP contribution in [0.5, 0.6) is 0 Å². The van der Waals surface area contributed by atoms with E-state index in [1.54, 1.807) is 4.68 Å². The SMILES string of the molecule is CCn1nc2c(=O)[nH]c3ccccc3c2c1C(O)c1ccccc1. The normalized spacial score (nSPS) is 12.8. The maximum absolute atomic E-state index is 12.4. The molecule has 5 nitrogen and oxygen atoms in total. The monoisotopic (exact) mass is 319 g/mol. The highest BCUT2D eigenvalue weighted by atomic mass is 16.3. The van der Waals surface area contributed by atoms with Crippen LogP contribution >= 0.6 is 0 Å². The highest BCUT2D eigenvalue weighted by Crippen LogP contribution is 2.32. The van der Waals surface area contributed by atoms with E-state index in [-0.39, 0.29) is 5.56 Å². The molecular weight excluding hydrogens is 302 g/mol. The summed E-state index contributed by atoms with van der Waals surface area (Å²) >= 11 is 0. The summed E-state index contributed by atoms with van der Waals surface area (Å²) in [5, 5.41) is 17.0. The molecule has 0 saturated heterocycles. The van der Waals surface area contributed by atoms with Crippen LogP contribution in [0.1, 0.15) is 24.3 Å². The minimum atomic E-state index is -0.846. The van der Waals surface area contributed by atoms with Gasteiger partial charge < -0.3 is 10.1 Å². The molecule has 2 aromatic heterocycles. The Balaban J connectivity index is 2.12. The summed E-state index contributed by atoms with van der Waals surface area (Å²) in [6, 6.07) is 17.0. The lowest BCUT2D eigenvalue weighted by Gasteiger charge is -2.14. The molecular formula is C19H17N3O2. The molecule has 0 saturated carbocycles. The number of nitrogens with zero attached hydrogens (tertiary/aromatic N) is 2. The molecule has 0 fully saturated rings. The average Bonchev–Trinajstić information content (AvgIpc) is 3.02. The molecule has 1 unspecified atom stereocenters. The van der Waals surface area contributed by atoms with Gasteiger partial charge >= 0.3 is 0 Å². The van der Waals surface area contributed by atoms with Crippen molar-refractivity contribution < 1.29 is 5.11 Å². The molecule has 0 aliphatic heterocycles. The van der Waals surface area contributed by atoms with Gasteiger partial charge in [0.2, 0.25) is 0 Å². The first-order chi connectivity index (χ1) is 11.7. The van der Waals surface area contributed by atoms with Gasteiger partial charge in [-0.3, -0.25) is 9.48 Å². The maximum atomic E-state index is 12.4. The second kappa shape index (κ2) is 5.62. The summed E-state index contributed by atoms with van der Waals surface area (Å²) in [7, 11) is 0. The van der Waals surface area contributed by atoms with Crippen LogP contribution in [0.15, 0.2) is 59.4 Å². The van der Waals surface area contributed by atoms with E-state index in [0.29, 0.717) is 23.1 Å². The number of aromatic amines is 1. The van der Waals surface area contributed by atoms with Crippen LogP contribution in [0.25, 0.3) is 21.8 Å². The molecule has 120 valence electrons. The van der Waals surface area contributed by atoms with Gasteiger partial charge in [0, 0.05) is 22.8 Å². The number of hydrogen-bond acceptors (Lipinski definition) is 3. The molecule has 0 aliphatic rings. The van der Waals surface area contributed by atoms with Gasteiger partial charge in [-0.15, -0.1) is 0 Å². The Bertz CT molecular complexity index is 1080. The molecule has 2 N–H and O–H groups in total. The van der Waals surface area contributed by atoms with E-state index in [1.807, 2.05) is 61.5 Å². The number of benzene rings is 2. The Kier molecular flexibility index (Phi) is 3.43. The summed E-state index contributed by atoms with van der Waals surface area (Å²) in [6.45, 7) is 2.52. The topological polar surface area (TPSA) is 70.9 Å². The first-order valence-corrected chi connectivity index (χ1v) is 7.95. The number of aromatic nitrogens is 3. The maximum Gasteiger partial charge on any atom is 0.276 e. The second-order valence-electron chi connectivity index (χ2n) is 5.74. The van der Waals surface area contributed by atoms with E-state index in [2.05, 4.69) is 10.1 Å². The Morgan fingerprint density at radius 1 is 1.12 bits per heavy atom. The summed E-state index contributed by atoms with van der Waals surface area (Å²) in [5.74, 6) is 0. The minimum absolute atomic E-state index is 0.239. The zero-order chi connectivity index (χ0) is 16.7. The van der Waals surface area contributed by atoms with Crippen molar-refractivity contribution >= 4 is 21.8 Å². The van der Waals surface area contributed by atoms with E-state index in [1.165, 1.54) is 0 Å². The average molecular weight is 319 g/mol. The van der Waals surface area contributed by atoms with E-state index < -0.39 is 6.10 Å². The lowest BCUT2D eigenvalue weighted by molar-refractivity contribution is 0.209. The summed E-state index contributed by atoms with van der Waals surface area (Å²) in [4.78, 5) is 15.3. The number of para-hydroxylation sites is 1. The van der Waals surface area contributed by atoms with E-state index in [9.17, 15) is 9.90 Å². The number of aliphatic hydroxyl groups is 1. The summed E-state index contributed by atoms with van der Waals surface area (Å²) in [6.07, 6.45) is -0.846. The molecule has 0 spiro atoms. The van der Waals surface area contributed by atoms with Crippen molar-refractivity contribution in [3.05, 3.63) is 76.2 Å². The first-order valence-electron chi connectivity index (χ1n) is 7.95. The van der Waals surface area contributed by atoms with Gasteiger partial charge in [-0.2, -0.15) is 5.10 Å². The van der Waals surface area contributed by atoms with Crippen LogP contribution in [-0.2, 0) is 6.54 Å². The van der Waals surface area contributed by atoms with E-state index >= 15 is 0 Å². The molecule has 4 rings (SSSR count). The minimum Gasteiger partial charge on any atom is -0.382 e. The van der Waals surface area contributed by atoms with Crippen LogP contribution in [0, 0.1) is 0 Å². The molecule has 2 aromatic carbocycles. The van der Waals surface area contributed by atoms with E-state index in [0.717, 1.165) is 16.5 Å². The summed E-state index contributed by atoms with van der Waals surface area (Å²) in [5.41, 5.74) is 2.30. The number of aryl methyl sites for hydroxylation is 1. The van der Waals surface area contributed by atoms with Crippen molar-refractivity contribution in [2.75, 3.05) is 0 Å². The third kappa shape index (κ3) is 2.13. The van der Waals surface area contributed by atoms with Crippen LogP contribution in [0.3, 0.4) is 0 Å². The van der Waals surface area contributed by atoms with Crippen molar-refractivity contribution in [1.29, 1.82) is 0 Å². The second-order valence-corrected chi connectivity index (χ2v) is 5.74. The fourth-order valence-electron chi connectivity index (χ4n) is 3.20. The Morgan fingerprint density at radius 2 is 1.83 bits per heavy atom. The van der Waals surface area contributed by atoms with Crippen LogP contribution < -0.4 is 5.56 Å². The molecule has 0 amide bonds. The number of H-pyrrole nitrogens is 1. The number of hydrogen-bond donors (Lipinski definition) is 2. The third-order valence-corrected chi connectivity index (χ3v) is 4.33. The van der Waals surface area contributed by atoms with Gasteiger partial charge in [-0.05, 0) is 18.6 Å². The standard InChI is InChI=1S/C19H17N3O2/c1-2-22-17(18(23)12-8-4-3-5-9-12)15-13-10-6-7-11-14(13)20-19(24)16(15)21-22/h3-11,18,23H,2H2,1H3,(H,20,24). The third-order valence-electron chi connectivity index (χ3n) is 4.33. The molecule has 1 atom stereocenters. The zero-order valence-electron chi connectivity index (χ0n) is 13.2. The molecule has 2 heterocycles. The van der Waals surface area contributed by atoms with Crippen LogP contribution in [0.2, 0.25) is 0 Å². The number of rotatable bonds is 3. The number of pyridine rings is 1. The first kappa shape index (κ1) is 14.7. The molecule has 0 bridgehead atoms. The van der Waals surface area contributed by atoms with Crippen molar-refractivity contribution in [3.63, 3.8) is 0 Å². The van der Waals surface area contributed by atoms with Gasteiger partial charge in [0.25, 0.3) is 5.56 Å². The number of aliphatic hydroxyl groups excluding tert-OH is 1. The molecule has 0 radical (unpaired) electrons.